The Bertz CT molecular complexity index is 649. The summed E-state index contributed by atoms with van der Waals surface area (Å²) in [6.45, 7) is 0. The van der Waals surface area contributed by atoms with Crippen LogP contribution in [0.1, 0.15) is 10.5 Å². The molecule has 2 rings (SSSR count). The van der Waals surface area contributed by atoms with Crippen molar-refractivity contribution in [3.8, 4) is 11.1 Å². The predicted molar refractivity (Wildman–Crippen MR) is 78.7 cm³/mol. The molecular formula is C13H8ClFINO2. The first-order valence-corrected chi connectivity index (χ1v) is 6.68. The monoisotopic (exact) mass is 391 g/mol. The van der Waals surface area contributed by atoms with E-state index in [0.29, 0.717) is 14.7 Å². The summed E-state index contributed by atoms with van der Waals surface area (Å²) in [5.41, 5.74) is 1.39. The number of aromatic nitrogens is 1. The largest absolute Gasteiger partial charge is 0.464 e. The second kappa shape index (κ2) is 5.83. The van der Waals surface area contributed by atoms with Gasteiger partial charge in [-0.25, -0.2) is 14.2 Å². The molecule has 0 saturated heterocycles. The van der Waals surface area contributed by atoms with Crippen molar-refractivity contribution in [1.29, 1.82) is 0 Å². The van der Waals surface area contributed by atoms with Crippen molar-refractivity contribution in [2.24, 2.45) is 0 Å². The van der Waals surface area contributed by atoms with Gasteiger partial charge in [0.1, 0.15) is 5.82 Å². The smallest absolute Gasteiger partial charge is 0.357 e. The van der Waals surface area contributed by atoms with Gasteiger partial charge in [-0.3, -0.25) is 0 Å². The molecule has 0 N–H and O–H groups in total. The topological polar surface area (TPSA) is 39.2 Å². The van der Waals surface area contributed by atoms with Crippen LogP contribution >= 0.6 is 34.2 Å². The zero-order valence-corrected chi connectivity index (χ0v) is 12.7. The van der Waals surface area contributed by atoms with Crippen LogP contribution in [0.4, 0.5) is 4.39 Å². The molecule has 1 aromatic carbocycles. The average Bonchev–Trinajstić information content (AvgIpc) is 2.41. The van der Waals surface area contributed by atoms with E-state index in [9.17, 15) is 9.18 Å². The molecule has 6 heteroatoms. The maximum Gasteiger partial charge on any atom is 0.357 e. The van der Waals surface area contributed by atoms with E-state index >= 15 is 0 Å². The molecule has 0 fully saturated rings. The minimum Gasteiger partial charge on any atom is -0.464 e. The van der Waals surface area contributed by atoms with Crippen molar-refractivity contribution in [3.63, 3.8) is 0 Å². The van der Waals surface area contributed by atoms with E-state index in [2.05, 4.69) is 9.72 Å². The Morgan fingerprint density at radius 1 is 1.47 bits per heavy atom. The Hall–Kier alpha value is -1.21. The molecule has 0 spiro atoms. The lowest BCUT2D eigenvalue weighted by Gasteiger charge is -2.07. The third-order valence-corrected chi connectivity index (χ3v) is 3.69. The van der Waals surface area contributed by atoms with E-state index in [4.69, 9.17) is 11.6 Å². The maximum atomic E-state index is 13.4. The Balaban J connectivity index is 2.51. The van der Waals surface area contributed by atoms with Gasteiger partial charge in [0.05, 0.1) is 12.1 Å². The van der Waals surface area contributed by atoms with E-state index in [1.54, 1.807) is 18.2 Å². The van der Waals surface area contributed by atoms with Crippen LogP contribution < -0.4 is 0 Å². The van der Waals surface area contributed by atoms with Gasteiger partial charge in [0.2, 0.25) is 0 Å². The van der Waals surface area contributed by atoms with Gasteiger partial charge < -0.3 is 4.74 Å². The number of benzene rings is 1. The molecule has 2 aromatic rings. The van der Waals surface area contributed by atoms with Gasteiger partial charge in [-0.15, -0.1) is 0 Å². The fraction of sp³-hybridized carbons (Fsp3) is 0.0769. The summed E-state index contributed by atoms with van der Waals surface area (Å²) in [5, 5.41) is 0.0333. The molecule has 98 valence electrons. The molecule has 3 nitrogen and oxygen atoms in total. The normalized spacial score (nSPS) is 10.3. The molecule has 0 aliphatic carbocycles. The molecule has 19 heavy (non-hydrogen) atoms. The van der Waals surface area contributed by atoms with E-state index in [1.807, 2.05) is 22.6 Å². The SMILES string of the molecule is COC(=O)c1ncc(-c2cccc(F)c2Cl)cc1I. The second-order valence-electron chi connectivity index (χ2n) is 3.65. The molecule has 1 aromatic heterocycles. The molecule has 0 radical (unpaired) electrons. The fourth-order valence-corrected chi connectivity index (χ4v) is 2.49. The van der Waals surface area contributed by atoms with Gasteiger partial charge in [0.15, 0.2) is 5.69 Å². The number of esters is 1. The lowest BCUT2D eigenvalue weighted by atomic mass is 10.1. The molecule has 1 heterocycles. The highest BCUT2D eigenvalue weighted by atomic mass is 127. The van der Waals surface area contributed by atoms with Crippen LogP contribution in [0.5, 0.6) is 0 Å². The summed E-state index contributed by atoms with van der Waals surface area (Å²) in [5.74, 6) is -1.01. The average molecular weight is 392 g/mol. The number of hydrogen-bond donors (Lipinski definition) is 0. The van der Waals surface area contributed by atoms with Crippen LogP contribution in [0.15, 0.2) is 30.5 Å². The summed E-state index contributed by atoms with van der Waals surface area (Å²) in [4.78, 5) is 15.5. The van der Waals surface area contributed by atoms with Crippen molar-refractivity contribution in [1.82, 2.24) is 4.98 Å². The third-order valence-electron chi connectivity index (χ3n) is 2.48. The van der Waals surface area contributed by atoms with E-state index < -0.39 is 11.8 Å². The first-order valence-electron chi connectivity index (χ1n) is 5.23. The predicted octanol–water partition coefficient (Wildman–Crippen LogP) is 3.93. The molecular weight excluding hydrogens is 384 g/mol. The van der Waals surface area contributed by atoms with Crippen LogP contribution in [0.2, 0.25) is 5.02 Å². The molecule has 0 unspecified atom stereocenters. The number of halogens is 3. The molecule has 0 saturated carbocycles. The van der Waals surface area contributed by atoms with E-state index in [-0.39, 0.29) is 10.7 Å². The summed E-state index contributed by atoms with van der Waals surface area (Å²) in [7, 11) is 1.29. The van der Waals surface area contributed by atoms with E-state index in [1.165, 1.54) is 19.4 Å². The highest BCUT2D eigenvalue weighted by Crippen LogP contribution is 2.30. The lowest BCUT2D eigenvalue weighted by Crippen LogP contribution is -2.06. The minimum atomic E-state index is -0.513. The van der Waals surface area contributed by atoms with Crippen molar-refractivity contribution >= 4 is 40.2 Å². The van der Waals surface area contributed by atoms with Gasteiger partial charge >= 0.3 is 5.97 Å². The quantitative estimate of drug-likeness (QED) is 0.575. The number of nitrogens with zero attached hydrogens (tertiary/aromatic N) is 1. The zero-order valence-electron chi connectivity index (χ0n) is 9.78. The van der Waals surface area contributed by atoms with Crippen molar-refractivity contribution in [2.75, 3.05) is 7.11 Å². The standard InChI is InChI=1S/C13H8ClFINO2/c1-19-13(18)12-10(16)5-7(6-17-12)8-3-2-4-9(15)11(8)14/h2-6H,1H3. The Morgan fingerprint density at radius 2 is 2.21 bits per heavy atom. The first-order chi connectivity index (χ1) is 9.04. The lowest BCUT2D eigenvalue weighted by molar-refractivity contribution is 0.0593. The third kappa shape index (κ3) is 2.87. The highest BCUT2D eigenvalue weighted by molar-refractivity contribution is 14.1. The summed E-state index contributed by atoms with van der Waals surface area (Å²) in [6.07, 6.45) is 1.47. The first kappa shape index (κ1) is 14.2. The van der Waals surface area contributed by atoms with Gasteiger partial charge in [-0.1, -0.05) is 23.7 Å². The summed E-state index contributed by atoms with van der Waals surface area (Å²) in [6, 6.07) is 6.25. The number of methoxy groups -OCH3 is 1. The molecule has 0 amide bonds. The van der Waals surface area contributed by atoms with Crippen LogP contribution in [0, 0.1) is 9.39 Å². The Morgan fingerprint density at radius 3 is 2.84 bits per heavy atom. The summed E-state index contributed by atoms with van der Waals surface area (Å²) >= 11 is 7.88. The highest BCUT2D eigenvalue weighted by Gasteiger charge is 2.15. The summed E-state index contributed by atoms with van der Waals surface area (Å²) < 4.78 is 18.6. The minimum absolute atomic E-state index is 0.0333. The van der Waals surface area contributed by atoms with Crippen LogP contribution in [0.25, 0.3) is 11.1 Å². The Kier molecular flexibility index (Phi) is 4.36. The second-order valence-corrected chi connectivity index (χ2v) is 5.19. The van der Waals surface area contributed by atoms with E-state index in [0.717, 1.165) is 0 Å². The van der Waals surface area contributed by atoms with Gasteiger partial charge in [0, 0.05) is 20.9 Å². The van der Waals surface area contributed by atoms with Crippen molar-refractivity contribution in [3.05, 3.63) is 50.6 Å². The zero-order chi connectivity index (χ0) is 14.0. The number of carbonyl (C=O) groups is 1. The molecule has 0 bridgehead atoms. The number of pyridine rings is 1. The van der Waals surface area contributed by atoms with Crippen LogP contribution in [-0.2, 0) is 4.74 Å². The van der Waals surface area contributed by atoms with Gasteiger partial charge in [-0.05, 0) is 34.7 Å². The number of rotatable bonds is 2. The van der Waals surface area contributed by atoms with Crippen molar-refractivity contribution in [2.45, 2.75) is 0 Å². The van der Waals surface area contributed by atoms with Crippen LogP contribution in [-0.4, -0.2) is 18.1 Å². The fourth-order valence-electron chi connectivity index (χ4n) is 1.56. The number of hydrogen-bond acceptors (Lipinski definition) is 3. The number of ether oxygens (including phenoxy) is 1. The number of carbonyl (C=O) groups excluding carboxylic acids is 1. The molecule has 0 aliphatic heterocycles. The van der Waals surface area contributed by atoms with Gasteiger partial charge in [0.25, 0.3) is 0 Å². The van der Waals surface area contributed by atoms with Gasteiger partial charge in [-0.2, -0.15) is 0 Å². The molecule has 0 aliphatic rings. The Labute approximate surface area is 127 Å². The van der Waals surface area contributed by atoms with Crippen molar-refractivity contribution < 1.29 is 13.9 Å². The van der Waals surface area contributed by atoms with Crippen LogP contribution in [0.3, 0.4) is 0 Å². The molecule has 0 atom stereocenters. The maximum absolute atomic E-state index is 13.4.